The van der Waals surface area contributed by atoms with Crippen LogP contribution in [0.15, 0.2) is 34.9 Å². The van der Waals surface area contributed by atoms with Crippen LogP contribution in [0.3, 0.4) is 0 Å². The van der Waals surface area contributed by atoms with Crippen LogP contribution < -0.4 is 5.73 Å². The second-order valence-corrected chi connectivity index (χ2v) is 8.05. The van der Waals surface area contributed by atoms with Gasteiger partial charge in [-0.2, -0.15) is 0 Å². The molecular formula is C14H23Br2N2O+. The summed E-state index contributed by atoms with van der Waals surface area (Å²) >= 11 is 7.00. The molecule has 0 saturated heterocycles. The summed E-state index contributed by atoms with van der Waals surface area (Å²) in [4.78, 5) is 0. The Morgan fingerprint density at radius 1 is 1.58 bits per heavy atom. The van der Waals surface area contributed by atoms with Crippen molar-refractivity contribution >= 4 is 31.9 Å². The minimum absolute atomic E-state index is 0.192. The van der Waals surface area contributed by atoms with E-state index in [1.807, 2.05) is 18.2 Å². The van der Waals surface area contributed by atoms with Crippen LogP contribution in [0.2, 0.25) is 0 Å². The fourth-order valence-electron chi connectivity index (χ4n) is 2.11. The molecule has 0 heterocycles. The van der Waals surface area contributed by atoms with E-state index < -0.39 is 4.45 Å². The van der Waals surface area contributed by atoms with Gasteiger partial charge in [-0.05, 0) is 18.6 Å². The highest BCUT2D eigenvalue weighted by molar-refractivity contribution is 9.12. The first-order chi connectivity index (χ1) is 8.64. The van der Waals surface area contributed by atoms with Crippen molar-refractivity contribution in [3.8, 4) is 0 Å². The molecule has 1 rings (SSSR count). The van der Waals surface area contributed by atoms with Crippen LogP contribution in [-0.2, 0) is 4.74 Å². The molecule has 0 aliphatic heterocycles. The lowest BCUT2D eigenvalue weighted by Gasteiger charge is -2.34. The van der Waals surface area contributed by atoms with E-state index in [0.29, 0.717) is 6.61 Å². The van der Waals surface area contributed by atoms with E-state index in [0.717, 1.165) is 22.1 Å². The van der Waals surface area contributed by atoms with Gasteiger partial charge in [0.2, 0.25) is 0 Å². The summed E-state index contributed by atoms with van der Waals surface area (Å²) in [6, 6.07) is 0. The molecule has 0 aromatic rings. The summed E-state index contributed by atoms with van der Waals surface area (Å²) in [5, 5.41) is 0. The molecule has 5 heteroatoms. The number of nitrogens with zero attached hydrogens (tertiary/aromatic N) is 1. The standard InChI is InChI=1S/C14H23Br2N2O/c1-11(2)10-18(3,4)8-9-19-13-12(15)6-5-7-14(13,16)17/h5-7,13H,1,8-10,17H2,2-4H3/q+1. The molecule has 0 radical (unpaired) electrons. The molecule has 108 valence electrons. The van der Waals surface area contributed by atoms with E-state index in [4.69, 9.17) is 10.5 Å². The minimum Gasteiger partial charge on any atom is -0.364 e. The number of quaternary nitrogens is 1. The van der Waals surface area contributed by atoms with Gasteiger partial charge in [0, 0.05) is 4.48 Å². The van der Waals surface area contributed by atoms with Crippen molar-refractivity contribution in [2.45, 2.75) is 17.5 Å². The first-order valence-electron chi connectivity index (χ1n) is 6.25. The molecule has 0 fully saturated rings. The van der Waals surface area contributed by atoms with Gasteiger partial charge in [0.05, 0.1) is 27.2 Å². The molecule has 0 saturated carbocycles. The average Bonchev–Trinajstić information content (AvgIpc) is 2.19. The molecule has 2 unspecified atom stereocenters. The van der Waals surface area contributed by atoms with Gasteiger partial charge in [-0.25, -0.2) is 0 Å². The molecular weight excluding hydrogens is 372 g/mol. The summed E-state index contributed by atoms with van der Waals surface area (Å²) < 4.78 is 7.12. The van der Waals surface area contributed by atoms with Gasteiger partial charge in [0.25, 0.3) is 0 Å². The highest BCUT2D eigenvalue weighted by atomic mass is 79.9. The lowest BCUT2D eigenvalue weighted by molar-refractivity contribution is -0.886. The lowest BCUT2D eigenvalue weighted by Crippen LogP contribution is -2.49. The fourth-order valence-corrected chi connectivity index (χ4v) is 3.61. The van der Waals surface area contributed by atoms with E-state index in [1.165, 1.54) is 5.57 Å². The van der Waals surface area contributed by atoms with Crippen LogP contribution in [0.4, 0.5) is 0 Å². The van der Waals surface area contributed by atoms with E-state index in [9.17, 15) is 0 Å². The Hall–Kier alpha value is 0.0600. The quantitative estimate of drug-likeness (QED) is 0.325. The lowest BCUT2D eigenvalue weighted by atomic mass is 10.1. The Bertz CT molecular complexity index is 400. The van der Waals surface area contributed by atoms with Gasteiger partial charge >= 0.3 is 0 Å². The average molecular weight is 395 g/mol. The molecule has 2 atom stereocenters. The van der Waals surface area contributed by atoms with Crippen molar-refractivity contribution in [3.63, 3.8) is 0 Å². The zero-order valence-electron chi connectivity index (χ0n) is 11.8. The first kappa shape index (κ1) is 17.1. The Kier molecular flexibility index (Phi) is 6.01. The highest BCUT2D eigenvalue weighted by Crippen LogP contribution is 2.32. The van der Waals surface area contributed by atoms with Crippen molar-refractivity contribution in [2.75, 3.05) is 33.8 Å². The first-order valence-corrected chi connectivity index (χ1v) is 7.83. The Balaban J connectivity index is 2.51. The third kappa shape index (κ3) is 5.52. The number of likely N-dealkylation sites (N-methyl/N-ethyl adjacent to an activating group) is 1. The molecule has 0 amide bonds. The summed E-state index contributed by atoms with van der Waals surface area (Å²) in [5.74, 6) is 0. The monoisotopic (exact) mass is 393 g/mol. The van der Waals surface area contributed by atoms with Crippen molar-refractivity contribution in [2.24, 2.45) is 5.73 Å². The van der Waals surface area contributed by atoms with E-state index >= 15 is 0 Å². The summed E-state index contributed by atoms with van der Waals surface area (Å²) in [5.41, 5.74) is 7.34. The van der Waals surface area contributed by atoms with E-state index in [1.54, 1.807) is 0 Å². The van der Waals surface area contributed by atoms with Crippen LogP contribution >= 0.6 is 31.9 Å². The smallest absolute Gasteiger partial charge is 0.122 e. The van der Waals surface area contributed by atoms with Crippen molar-refractivity contribution < 1.29 is 9.22 Å². The van der Waals surface area contributed by atoms with E-state index in [-0.39, 0.29) is 6.10 Å². The molecule has 1 aliphatic rings. The van der Waals surface area contributed by atoms with Crippen molar-refractivity contribution in [3.05, 3.63) is 34.9 Å². The number of nitrogens with two attached hydrogens (primary N) is 1. The number of rotatable bonds is 6. The van der Waals surface area contributed by atoms with Crippen LogP contribution in [0, 0.1) is 0 Å². The molecule has 2 N–H and O–H groups in total. The van der Waals surface area contributed by atoms with E-state index in [2.05, 4.69) is 59.5 Å². The predicted octanol–water partition coefficient (Wildman–Crippen LogP) is 2.92. The van der Waals surface area contributed by atoms with Gasteiger partial charge in [-0.1, -0.05) is 50.6 Å². The molecule has 0 bridgehead atoms. The van der Waals surface area contributed by atoms with Crippen LogP contribution in [0.5, 0.6) is 0 Å². The normalized spacial score (nSPS) is 27.3. The second kappa shape index (κ2) is 6.68. The molecule has 3 nitrogen and oxygen atoms in total. The van der Waals surface area contributed by atoms with Crippen molar-refractivity contribution in [1.82, 2.24) is 0 Å². The Labute approximate surface area is 133 Å². The molecule has 1 aliphatic carbocycles. The minimum atomic E-state index is -0.647. The zero-order chi connectivity index (χ0) is 14.7. The maximum absolute atomic E-state index is 6.16. The molecule has 0 spiro atoms. The van der Waals surface area contributed by atoms with Gasteiger partial charge in [0.1, 0.15) is 17.1 Å². The summed E-state index contributed by atoms with van der Waals surface area (Å²) in [6.07, 6.45) is 5.59. The number of alkyl halides is 1. The second-order valence-electron chi connectivity index (χ2n) is 5.76. The van der Waals surface area contributed by atoms with Crippen LogP contribution in [0.1, 0.15) is 6.92 Å². The Morgan fingerprint density at radius 3 is 2.74 bits per heavy atom. The van der Waals surface area contributed by atoms with Crippen LogP contribution in [0.25, 0.3) is 0 Å². The number of halogens is 2. The van der Waals surface area contributed by atoms with Crippen LogP contribution in [-0.4, -0.2) is 48.8 Å². The predicted molar refractivity (Wildman–Crippen MR) is 88.4 cm³/mol. The SMILES string of the molecule is C=C(C)C[N+](C)(C)CCOC1C(Br)=CC=CC1(N)Br. The maximum Gasteiger partial charge on any atom is 0.122 e. The number of hydrogen-bond donors (Lipinski definition) is 1. The maximum atomic E-state index is 6.16. The van der Waals surface area contributed by atoms with Gasteiger partial charge in [0.15, 0.2) is 0 Å². The van der Waals surface area contributed by atoms with Crippen molar-refractivity contribution in [1.29, 1.82) is 0 Å². The largest absolute Gasteiger partial charge is 0.364 e. The highest BCUT2D eigenvalue weighted by Gasteiger charge is 2.35. The Morgan fingerprint density at radius 2 is 2.21 bits per heavy atom. The molecule has 0 aromatic heterocycles. The number of hydrogen-bond acceptors (Lipinski definition) is 2. The summed E-state index contributed by atoms with van der Waals surface area (Å²) in [6.45, 7) is 8.52. The van der Waals surface area contributed by atoms with Gasteiger partial charge in [-0.15, -0.1) is 0 Å². The van der Waals surface area contributed by atoms with Gasteiger partial charge < -0.3 is 15.0 Å². The number of ether oxygens (including phenoxy) is 1. The zero-order valence-corrected chi connectivity index (χ0v) is 15.0. The number of allylic oxidation sites excluding steroid dienone is 2. The third-order valence-corrected chi connectivity index (χ3v) is 4.30. The fraction of sp³-hybridized carbons (Fsp3) is 0.571. The molecule has 0 aromatic carbocycles. The van der Waals surface area contributed by atoms with Gasteiger partial charge in [-0.3, -0.25) is 0 Å². The topological polar surface area (TPSA) is 35.2 Å². The third-order valence-electron chi connectivity index (χ3n) is 2.94. The molecule has 19 heavy (non-hydrogen) atoms. The summed E-state index contributed by atoms with van der Waals surface area (Å²) in [7, 11) is 4.35.